The molecule has 0 aromatic rings. The van der Waals surface area contributed by atoms with Crippen molar-refractivity contribution in [3.05, 3.63) is 11.8 Å². The molecule has 0 aromatic carbocycles. The first-order valence-corrected chi connectivity index (χ1v) is 2.66. The van der Waals surface area contributed by atoms with Crippen LogP contribution in [-0.2, 0) is 4.74 Å². The SMILES string of the molecule is NC1C=C(O)C(CO)O1. The molecule has 4 N–H and O–H groups in total. The van der Waals surface area contributed by atoms with Crippen LogP contribution in [0.3, 0.4) is 0 Å². The van der Waals surface area contributed by atoms with Crippen LogP contribution in [0, 0.1) is 0 Å². The highest BCUT2D eigenvalue weighted by atomic mass is 16.5. The summed E-state index contributed by atoms with van der Waals surface area (Å²) < 4.78 is 4.81. The number of hydrogen-bond donors (Lipinski definition) is 3. The number of rotatable bonds is 1. The summed E-state index contributed by atoms with van der Waals surface area (Å²) in [6.07, 6.45) is 0.183. The van der Waals surface area contributed by atoms with E-state index in [4.69, 9.17) is 20.7 Å². The van der Waals surface area contributed by atoms with Crippen LogP contribution in [0.2, 0.25) is 0 Å². The van der Waals surface area contributed by atoms with E-state index in [2.05, 4.69) is 0 Å². The Bertz CT molecular complexity index is 134. The molecule has 0 aromatic heterocycles. The molecule has 4 heteroatoms. The van der Waals surface area contributed by atoms with Crippen molar-refractivity contribution in [2.75, 3.05) is 6.61 Å². The van der Waals surface area contributed by atoms with Crippen LogP contribution in [0.25, 0.3) is 0 Å². The zero-order valence-corrected chi connectivity index (χ0v) is 4.82. The Balaban J connectivity index is 2.53. The zero-order valence-electron chi connectivity index (χ0n) is 4.82. The van der Waals surface area contributed by atoms with Gasteiger partial charge in [0.15, 0.2) is 0 Å². The van der Waals surface area contributed by atoms with Gasteiger partial charge in [0.25, 0.3) is 0 Å². The maximum atomic E-state index is 8.86. The number of hydrogen-bond acceptors (Lipinski definition) is 4. The van der Waals surface area contributed by atoms with E-state index in [1.165, 1.54) is 6.08 Å². The molecule has 0 saturated carbocycles. The highest BCUT2D eigenvalue weighted by Gasteiger charge is 2.22. The lowest BCUT2D eigenvalue weighted by molar-refractivity contribution is 0.00926. The molecule has 1 heterocycles. The summed E-state index contributed by atoms with van der Waals surface area (Å²) in [6.45, 7) is -0.226. The van der Waals surface area contributed by atoms with Gasteiger partial charge in [0.05, 0.1) is 6.61 Å². The van der Waals surface area contributed by atoms with E-state index in [1.54, 1.807) is 0 Å². The molecule has 0 radical (unpaired) electrons. The molecule has 9 heavy (non-hydrogen) atoms. The van der Waals surface area contributed by atoms with Crippen LogP contribution in [-0.4, -0.2) is 29.2 Å². The molecule has 0 saturated heterocycles. The van der Waals surface area contributed by atoms with Gasteiger partial charge in [-0.05, 0) is 6.08 Å². The van der Waals surface area contributed by atoms with Gasteiger partial charge in [0.1, 0.15) is 18.1 Å². The van der Waals surface area contributed by atoms with Gasteiger partial charge in [0, 0.05) is 0 Å². The van der Waals surface area contributed by atoms with Crippen molar-refractivity contribution in [1.82, 2.24) is 0 Å². The third-order valence-corrected chi connectivity index (χ3v) is 1.15. The largest absolute Gasteiger partial charge is 0.510 e. The van der Waals surface area contributed by atoms with Gasteiger partial charge in [-0.25, -0.2) is 0 Å². The lowest BCUT2D eigenvalue weighted by Gasteiger charge is -2.07. The quantitative estimate of drug-likeness (QED) is 0.431. The second kappa shape index (κ2) is 2.34. The summed E-state index contributed by atoms with van der Waals surface area (Å²) >= 11 is 0. The van der Waals surface area contributed by atoms with E-state index in [9.17, 15) is 0 Å². The minimum Gasteiger partial charge on any atom is -0.510 e. The summed E-state index contributed by atoms with van der Waals surface area (Å²) in [4.78, 5) is 0. The molecule has 1 aliphatic heterocycles. The molecule has 1 aliphatic rings. The Kier molecular flexibility index (Phi) is 1.70. The van der Waals surface area contributed by atoms with Gasteiger partial charge in [-0.2, -0.15) is 0 Å². The lowest BCUT2D eigenvalue weighted by Crippen LogP contribution is -2.23. The van der Waals surface area contributed by atoms with Crippen molar-refractivity contribution in [2.45, 2.75) is 12.3 Å². The third kappa shape index (κ3) is 1.21. The second-order valence-electron chi connectivity index (χ2n) is 1.86. The lowest BCUT2D eigenvalue weighted by atomic mass is 10.3. The van der Waals surface area contributed by atoms with Gasteiger partial charge < -0.3 is 20.7 Å². The molecule has 52 valence electrons. The highest BCUT2D eigenvalue weighted by Crippen LogP contribution is 2.12. The first kappa shape index (κ1) is 6.54. The zero-order chi connectivity index (χ0) is 6.85. The highest BCUT2D eigenvalue weighted by molar-refractivity contribution is 5.07. The number of aliphatic hydroxyl groups is 2. The van der Waals surface area contributed by atoms with Crippen molar-refractivity contribution in [3.8, 4) is 0 Å². The summed E-state index contributed by atoms with van der Waals surface area (Å²) in [7, 11) is 0. The van der Waals surface area contributed by atoms with E-state index in [-0.39, 0.29) is 12.4 Å². The van der Waals surface area contributed by atoms with E-state index < -0.39 is 12.3 Å². The Labute approximate surface area is 52.5 Å². The Morgan fingerprint density at radius 3 is 2.67 bits per heavy atom. The van der Waals surface area contributed by atoms with Gasteiger partial charge >= 0.3 is 0 Å². The Hall–Kier alpha value is -0.580. The molecular formula is C5H9NO3. The number of aliphatic hydroxyl groups excluding tert-OH is 2. The van der Waals surface area contributed by atoms with Crippen molar-refractivity contribution < 1.29 is 14.9 Å². The van der Waals surface area contributed by atoms with Gasteiger partial charge in [-0.1, -0.05) is 0 Å². The average molecular weight is 131 g/mol. The van der Waals surface area contributed by atoms with Gasteiger partial charge in [-0.15, -0.1) is 0 Å². The maximum absolute atomic E-state index is 8.86. The van der Waals surface area contributed by atoms with Crippen LogP contribution in [0.5, 0.6) is 0 Å². The minimum absolute atomic E-state index is 0.0185. The van der Waals surface area contributed by atoms with Crippen LogP contribution in [0.1, 0.15) is 0 Å². The predicted molar refractivity (Wildman–Crippen MR) is 30.6 cm³/mol. The molecule has 0 bridgehead atoms. The fourth-order valence-corrected chi connectivity index (χ4v) is 0.711. The van der Waals surface area contributed by atoms with Crippen molar-refractivity contribution in [3.63, 3.8) is 0 Å². The number of nitrogens with two attached hydrogens (primary N) is 1. The fourth-order valence-electron chi connectivity index (χ4n) is 0.711. The summed E-state index contributed by atoms with van der Waals surface area (Å²) in [5.74, 6) is 0.0185. The van der Waals surface area contributed by atoms with E-state index >= 15 is 0 Å². The topological polar surface area (TPSA) is 75.7 Å². The average Bonchev–Trinajstić information content (AvgIpc) is 2.10. The molecular weight excluding hydrogens is 122 g/mol. The second-order valence-corrected chi connectivity index (χ2v) is 1.86. The first-order chi connectivity index (χ1) is 4.24. The molecule has 0 fully saturated rings. The molecule has 0 spiro atoms. The van der Waals surface area contributed by atoms with E-state index in [1.807, 2.05) is 0 Å². The standard InChI is InChI=1S/C5H9NO3/c6-5-1-3(8)4(2-7)9-5/h1,4-5,7-8H,2,6H2. The van der Waals surface area contributed by atoms with Crippen LogP contribution in [0.15, 0.2) is 11.8 Å². The molecule has 0 amide bonds. The molecule has 2 unspecified atom stereocenters. The smallest absolute Gasteiger partial charge is 0.139 e. The Morgan fingerprint density at radius 1 is 1.78 bits per heavy atom. The monoisotopic (exact) mass is 131 g/mol. The molecule has 1 rings (SSSR count). The predicted octanol–water partition coefficient (Wildman–Crippen LogP) is -0.896. The van der Waals surface area contributed by atoms with E-state index in [0.717, 1.165) is 0 Å². The van der Waals surface area contributed by atoms with E-state index in [0.29, 0.717) is 0 Å². The van der Waals surface area contributed by atoms with Gasteiger partial charge in [0.2, 0.25) is 0 Å². The fraction of sp³-hybridized carbons (Fsp3) is 0.600. The van der Waals surface area contributed by atoms with Crippen LogP contribution < -0.4 is 5.73 Å². The summed E-state index contributed by atoms with van der Waals surface area (Å²) in [6, 6.07) is 0. The van der Waals surface area contributed by atoms with Gasteiger partial charge in [-0.3, -0.25) is 0 Å². The normalized spacial score (nSPS) is 34.7. The number of ether oxygens (including phenoxy) is 1. The third-order valence-electron chi connectivity index (χ3n) is 1.15. The molecule has 4 nitrogen and oxygen atoms in total. The summed E-state index contributed by atoms with van der Waals surface area (Å²) in [5, 5.41) is 17.3. The van der Waals surface area contributed by atoms with Crippen molar-refractivity contribution in [1.29, 1.82) is 0 Å². The van der Waals surface area contributed by atoms with Crippen molar-refractivity contribution in [2.24, 2.45) is 5.73 Å². The maximum Gasteiger partial charge on any atom is 0.139 e. The summed E-state index contributed by atoms with van der Waals surface area (Å²) in [5.41, 5.74) is 5.22. The van der Waals surface area contributed by atoms with Crippen LogP contribution in [0.4, 0.5) is 0 Å². The van der Waals surface area contributed by atoms with Crippen LogP contribution >= 0.6 is 0 Å². The Morgan fingerprint density at radius 2 is 2.44 bits per heavy atom. The first-order valence-electron chi connectivity index (χ1n) is 2.66. The van der Waals surface area contributed by atoms with Crippen molar-refractivity contribution >= 4 is 0 Å². The molecule has 2 atom stereocenters. The molecule has 0 aliphatic carbocycles. The minimum atomic E-state index is -0.611.